The Morgan fingerprint density at radius 2 is 2.00 bits per heavy atom. The van der Waals surface area contributed by atoms with Gasteiger partial charge in [-0.3, -0.25) is 0 Å². The van der Waals surface area contributed by atoms with E-state index in [0.29, 0.717) is 12.2 Å². The summed E-state index contributed by atoms with van der Waals surface area (Å²) in [6, 6.07) is 0. The second kappa shape index (κ2) is 3.61. The molecular weight excluding hydrogens is 148 g/mol. The van der Waals surface area contributed by atoms with Gasteiger partial charge in [-0.05, 0) is 25.2 Å². The maximum atomic E-state index is 5.63. The molecule has 0 amide bonds. The van der Waals surface area contributed by atoms with Crippen LogP contribution < -0.4 is 0 Å². The van der Waals surface area contributed by atoms with Gasteiger partial charge >= 0.3 is 0 Å². The van der Waals surface area contributed by atoms with Gasteiger partial charge in [-0.1, -0.05) is 25.3 Å². The normalized spacial score (nSPS) is 36.3. The van der Waals surface area contributed by atoms with Crippen LogP contribution in [-0.4, -0.2) is 12.2 Å². The second-order valence-corrected chi connectivity index (χ2v) is 4.06. The van der Waals surface area contributed by atoms with E-state index in [1.807, 2.05) is 6.08 Å². The SMILES string of the molecule is C=CC[C@H]1O[C@@H]1C1CCCCC1. The van der Waals surface area contributed by atoms with Crippen molar-refractivity contribution in [1.29, 1.82) is 0 Å². The Morgan fingerprint density at radius 1 is 1.25 bits per heavy atom. The highest BCUT2D eigenvalue weighted by Crippen LogP contribution is 2.39. The van der Waals surface area contributed by atoms with Gasteiger partial charge in [0.2, 0.25) is 0 Å². The number of hydrogen-bond acceptors (Lipinski definition) is 1. The van der Waals surface area contributed by atoms with Gasteiger partial charge < -0.3 is 4.74 Å². The summed E-state index contributed by atoms with van der Waals surface area (Å²) in [7, 11) is 0. The predicted molar refractivity (Wildman–Crippen MR) is 50.1 cm³/mol. The number of hydrogen-bond donors (Lipinski definition) is 0. The minimum atomic E-state index is 0.533. The number of epoxide rings is 1. The van der Waals surface area contributed by atoms with Crippen molar-refractivity contribution in [3.8, 4) is 0 Å². The molecule has 1 saturated carbocycles. The zero-order chi connectivity index (χ0) is 8.39. The van der Waals surface area contributed by atoms with Crippen molar-refractivity contribution in [1.82, 2.24) is 0 Å². The zero-order valence-electron chi connectivity index (χ0n) is 7.67. The van der Waals surface area contributed by atoms with Crippen LogP contribution in [0.4, 0.5) is 0 Å². The molecule has 2 atom stereocenters. The molecule has 1 saturated heterocycles. The van der Waals surface area contributed by atoms with Gasteiger partial charge in [0.05, 0.1) is 12.2 Å². The zero-order valence-corrected chi connectivity index (χ0v) is 7.67. The molecule has 2 aliphatic rings. The molecule has 68 valence electrons. The lowest BCUT2D eigenvalue weighted by atomic mass is 9.85. The predicted octanol–water partition coefficient (Wildman–Crippen LogP) is 2.91. The average molecular weight is 166 g/mol. The fraction of sp³-hybridized carbons (Fsp3) is 0.818. The van der Waals surface area contributed by atoms with Crippen molar-refractivity contribution in [3.63, 3.8) is 0 Å². The Balaban J connectivity index is 1.75. The molecule has 1 heteroatoms. The topological polar surface area (TPSA) is 12.5 Å². The molecule has 2 fully saturated rings. The molecule has 1 heterocycles. The molecule has 0 bridgehead atoms. The van der Waals surface area contributed by atoms with Crippen LogP contribution in [0, 0.1) is 5.92 Å². The Hall–Kier alpha value is -0.300. The summed E-state index contributed by atoms with van der Waals surface area (Å²) in [5, 5.41) is 0. The third kappa shape index (κ3) is 1.71. The van der Waals surface area contributed by atoms with Gasteiger partial charge in [0.1, 0.15) is 0 Å². The molecule has 0 spiro atoms. The summed E-state index contributed by atoms with van der Waals surface area (Å²) in [6.07, 6.45) is 11.3. The van der Waals surface area contributed by atoms with Gasteiger partial charge in [0, 0.05) is 0 Å². The van der Waals surface area contributed by atoms with E-state index in [1.54, 1.807) is 0 Å². The van der Waals surface area contributed by atoms with Crippen LogP contribution in [0.1, 0.15) is 38.5 Å². The van der Waals surface area contributed by atoms with E-state index in [9.17, 15) is 0 Å². The Morgan fingerprint density at radius 3 is 2.67 bits per heavy atom. The third-order valence-corrected chi connectivity index (χ3v) is 3.14. The molecule has 2 rings (SSSR count). The summed E-state index contributed by atoms with van der Waals surface area (Å²) < 4.78 is 5.63. The number of rotatable bonds is 3. The van der Waals surface area contributed by atoms with E-state index in [4.69, 9.17) is 4.74 Å². The van der Waals surface area contributed by atoms with E-state index in [2.05, 4.69) is 6.58 Å². The quantitative estimate of drug-likeness (QED) is 0.464. The van der Waals surface area contributed by atoms with Crippen molar-refractivity contribution in [2.24, 2.45) is 5.92 Å². The van der Waals surface area contributed by atoms with E-state index in [0.717, 1.165) is 12.3 Å². The fourth-order valence-corrected chi connectivity index (χ4v) is 2.39. The van der Waals surface area contributed by atoms with Crippen molar-refractivity contribution >= 4 is 0 Å². The van der Waals surface area contributed by atoms with Crippen molar-refractivity contribution in [2.75, 3.05) is 0 Å². The molecule has 12 heavy (non-hydrogen) atoms. The van der Waals surface area contributed by atoms with Gasteiger partial charge in [0.15, 0.2) is 0 Å². The second-order valence-electron chi connectivity index (χ2n) is 4.06. The first-order chi connectivity index (χ1) is 5.92. The minimum absolute atomic E-state index is 0.533. The smallest absolute Gasteiger partial charge is 0.0879 e. The molecule has 0 radical (unpaired) electrons. The van der Waals surface area contributed by atoms with Gasteiger partial charge in [-0.15, -0.1) is 6.58 Å². The van der Waals surface area contributed by atoms with Crippen LogP contribution in [0.15, 0.2) is 12.7 Å². The maximum absolute atomic E-state index is 5.63. The average Bonchev–Trinajstić information content (AvgIpc) is 2.87. The van der Waals surface area contributed by atoms with Crippen LogP contribution in [0.3, 0.4) is 0 Å². The van der Waals surface area contributed by atoms with Crippen LogP contribution >= 0.6 is 0 Å². The van der Waals surface area contributed by atoms with Gasteiger partial charge in [-0.25, -0.2) is 0 Å². The standard InChI is InChI=1S/C11H18O/c1-2-6-10-11(12-10)9-7-4-3-5-8-9/h2,9-11H,1,3-8H2/t10-,11-/m1/s1. The largest absolute Gasteiger partial charge is 0.369 e. The summed E-state index contributed by atoms with van der Waals surface area (Å²) in [6.45, 7) is 3.74. The lowest BCUT2D eigenvalue weighted by Gasteiger charge is -2.19. The molecule has 0 N–H and O–H groups in total. The Labute approximate surface area is 74.8 Å². The van der Waals surface area contributed by atoms with Crippen LogP contribution in [0.5, 0.6) is 0 Å². The molecular formula is C11H18O. The number of ether oxygens (including phenoxy) is 1. The van der Waals surface area contributed by atoms with E-state index in [1.165, 1.54) is 32.1 Å². The fourth-order valence-electron chi connectivity index (χ4n) is 2.39. The summed E-state index contributed by atoms with van der Waals surface area (Å²) in [4.78, 5) is 0. The highest BCUT2D eigenvalue weighted by molar-refractivity contribution is 4.94. The van der Waals surface area contributed by atoms with E-state index >= 15 is 0 Å². The monoisotopic (exact) mass is 166 g/mol. The molecule has 1 aliphatic carbocycles. The van der Waals surface area contributed by atoms with Crippen LogP contribution in [0.25, 0.3) is 0 Å². The summed E-state index contributed by atoms with van der Waals surface area (Å²) in [5.74, 6) is 0.878. The van der Waals surface area contributed by atoms with Crippen molar-refractivity contribution in [3.05, 3.63) is 12.7 Å². The van der Waals surface area contributed by atoms with Crippen molar-refractivity contribution in [2.45, 2.75) is 50.7 Å². The maximum Gasteiger partial charge on any atom is 0.0879 e. The Kier molecular flexibility index (Phi) is 2.50. The first-order valence-corrected chi connectivity index (χ1v) is 5.18. The molecule has 0 unspecified atom stereocenters. The Bertz CT molecular complexity index is 158. The summed E-state index contributed by atoms with van der Waals surface area (Å²) >= 11 is 0. The molecule has 0 aromatic rings. The highest BCUT2D eigenvalue weighted by Gasteiger charge is 2.43. The van der Waals surface area contributed by atoms with Crippen LogP contribution in [-0.2, 0) is 4.74 Å². The third-order valence-electron chi connectivity index (χ3n) is 3.14. The highest BCUT2D eigenvalue weighted by atomic mass is 16.6. The van der Waals surface area contributed by atoms with Gasteiger partial charge in [-0.2, -0.15) is 0 Å². The summed E-state index contributed by atoms with van der Waals surface area (Å²) in [5.41, 5.74) is 0. The molecule has 1 aliphatic heterocycles. The molecule has 0 aromatic heterocycles. The van der Waals surface area contributed by atoms with E-state index in [-0.39, 0.29) is 0 Å². The first-order valence-electron chi connectivity index (χ1n) is 5.18. The lowest BCUT2D eigenvalue weighted by Crippen LogP contribution is -2.14. The first kappa shape index (κ1) is 8.31. The minimum Gasteiger partial charge on any atom is -0.369 e. The van der Waals surface area contributed by atoms with Gasteiger partial charge in [0.25, 0.3) is 0 Å². The molecule has 1 nitrogen and oxygen atoms in total. The van der Waals surface area contributed by atoms with Crippen LogP contribution in [0.2, 0.25) is 0 Å². The van der Waals surface area contributed by atoms with Crippen molar-refractivity contribution < 1.29 is 4.74 Å². The van der Waals surface area contributed by atoms with E-state index < -0.39 is 0 Å². The lowest BCUT2D eigenvalue weighted by molar-refractivity contribution is 0.262. The molecule has 0 aromatic carbocycles.